The van der Waals surface area contributed by atoms with E-state index in [1.165, 1.54) is 0 Å². The van der Waals surface area contributed by atoms with Gasteiger partial charge in [-0.3, -0.25) is 27.7 Å². The summed E-state index contributed by atoms with van der Waals surface area (Å²) in [5.74, 6) is 0. The molecule has 0 saturated carbocycles. The smallest absolute Gasteiger partial charge is 0.329 e. The Kier molecular flexibility index (Phi) is 19.5. The second-order valence-electron chi connectivity index (χ2n) is 15.2. The molecule has 8 rings (SSSR count). The van der Waals surface area contributed by atoms with Gasteiger partial charge in [0.2, 0.25) is 29.1 Å². The molecule has 2 heterocycles. The SMILES string of the molecule is C.CS(=O)(=O)Cl.CS(=O)(=O)Nc1ccc(Cn2c(=O)n(Cc3ccc(NS(C)(=O)=O)cc3)c3ccccc32)cc1.Cl.Cl.Nc1ccc(Cn2c(=O)n(Cc3ccc(N)cc3)c3ccccc32)cc1. The van der Waals surface area contributed by atoms with Crippen molar-refractivity contribution in [2.45, 2.75) is 33.6 Å². The summed E-state index contributed by atoms with van der Waals surface area (Å²) in [4.78, 5) is 26.5. The number of fused-ring (bicyclic) bond motifs is 2. The lowest BCUT2D eigenvalue weighted by Crippen LogP contribution is -2.25. The van der Waals surface area contributed by atoms with Crippen LogP contribution in [0.3, 0.4) is 0 Å². The highest BCUT2D eigenvalue weighted by atomic mass is 35.7. The Morgan fingerprint density at radius 2 is 0.632 bits per heavy atom. The molecule has 0 amide bonds. The van der Waals surface area contributed by atoms with E-state index in [9.17, 15) is 34.8 Å². The number of hydrogen-bond donors (Lipinski definition) is 4. The highest BCUT2D eigenvalue weighted by molar-refractivity contribution is 8.13. The third-order valence-electron chi connectivity index (χ3n) is 9.69. The van der Waals surface area contributed by atoms with Crippen LogP contribution in [-0.4, -0.2) is 62.3 Å². The summed E-state index contributed by atoms with van der Waals surface area (Å²) in [5.41, 5.74) is 20.8. The van der Waals surface area contributed by atoms with Crippen molar-refractivity contribution in [2.24, 2.45) is 0 Å². The molecule has 0 fully saturated rings. The van der Waals surface area contributed by atoms with Crippen LogP contribution in [0.5, 0.6) is 0 Å². The molecule has 364 valence electrons. The first kappa shape index (κ1) is 56.1. The number of nitrogens with zero attached hydrogens (tertiary/aromatic N) is 4. The zero-order valence-corrected chi connectivity index (χ0v) is 41.2. The van der Waals surface area contributed by atoms with Gasteiger partial charge in [-0.15, -0.1) is 24.8 Å². The quantitative estimate of drug-likeness (QED) is 0.0701. The Balaban J connectivity index is 0.000000322. The molecular formula is C46H53Cl3N8O8S3. The first-order valence-corrected chi connectivity index (χ1v) is 26.2. The number of anilines is 4. The second kappa shape index (κ2) is 23.7. The van der Waals surface area contributed by atoms with E-state index in [2.05, 4.69) is 20.1 Å². The molecular weight excluding hydrogens is 995 g/mol. The summed E-state index contributed by atoms with van der Waals surface area (Å²) < 4.78 is 76.2. The van der Waals surface area contributed by atoms with Crippen LogP contribution in [0, 0.1) is 0 Å². The number of nitrogens with one attached hydrogen (secondary N) is 2. The van der Waals surface area contributed by atoms with Gasteiger partial charge in [0, 0.05) is 33.4 Å². The maximum atomic E-state index is 13.3. The van der Waals surface area contributed by atoms with E-state index in [1.807, 2.05) is 97.1 Å². The van der Waals surface area contributed by atoms with Crippen LogP contribution in [-0.2, 0) is 55.3 Å². The van der Waals surface area contributed by atoms with Crippen LogP contribution in [0.25, 0.3) is 22.1 Å². The second-order valence-corrected chi connectivity index (χ2v) is 21.7. The third-order valence-corrected chi connectivity index (χ3v) is 10.9. The highest BCUT2D eigenvalue weighted by Gasteiger charge is 2.16. The Labute approximate surface area is 412 Å². The standard InChI is InChI=1S/C23H24N4O5S2.C21H20N4O.CH3ClO2S.CH4.2ClH/c1-33(29,30)24-19-11-7-17(8-12-19)15-26-21-5-3-4-6-22(21)27(23(26)28)16-18-9-13-20(14-10-18)25-34(2,31)32;22-17-9-5-15(6-10-17)13-24-19-3-1-2-4-20(19)25(21(24)26)14-16-7-11-18(23)12-8-16;1-5(2,3)4;;;/h3-14,24-25H,15-16H2,1-2H3;1-12H,13-14,22-23H2;1H3;1H4;2*1H. The van der Waals surface area contributed by atoms with Crippen molar-refractivity contribution in [3.63, 3.8) is 0 Å². The molecule has 0 aliphatic rings. The fourth-order valence-corrected chi connectivity index (χ4v) is 8.05. The number of nitrogens with two attached hydrogens (primary N) is 2. The molecule has 68 heavy (non-hydrogen) atoms. The highest BCUT2D eigenvalue weighted by Crippen LogP contribution is 2.20. The maximum absolute atomic E-state index is 13.3. The van der Waals surface area contributed by atoms with Crippen molar-refractivity contribution in [3.8, 4) is 0 Å². The van der Waals surface area contributed by atoms with Gasteiger partial charge in [-0.1, -0.05) is 80.2 Å². The number of benzene rings is 6. The minimum atomic E-state index is -3.37. The molecule has 0 bridgehead atoms. The summed E-state index contributed by atoms with van der Waals surface area (Å²) in [6.07, 6.45) is 3.10. The van der Waals surface area contributed by atoms with Gasteiger partial charge in [-0.2, -0.15) is 0 Å². The monoisotopic (exact) mass is 1050 g/mol. The van der Waals surface area contributed by atoms with Crippen molar-refractivity contribution >= 4 is 109 Å². The number of sulfonamides is 2. The lowest BCUT2D eigenvalue weighted by atomic mass is 10.2. The van der Waals surface area contributed by atoms with Gasteiger partial charge in [0.15, 0.2) is 0 Å². The number of aromatic nitrogens is 4. The molecule has 16 nitrogen and oxygen atoms in total. The fraction of sp³-hybridized carbons (Fsp3) is 0.174. The van der Waals surface area contributed by atoms with Crippen LogP contribution in [0.1, 0.15) is 29.7 Å². The minimum Gasteiger partial charge on any atom is -0.399 e. The fourth-order valence-electron chi connectivity index (χ4n) is 6.92. The van der Waals surface area contributed by atoms with Crippen molar-refractivity contribution in [1.29, 1.82) is 0 Å². The average molecular weight is 1050 g/mol. The molecule has 0 radical (unpaired) electrons. The van der Waals surface area contributed by atoms with Crippen molar-refractivity contribution < 1.29 is 25.3 Å². The molecule has 0 unspecified atom stereocenters. The maximum Gasteiger partial charge on any atom is 0.329 e. The largest absolute Gasteiger partial charge is 0.399 e. The summed E-state index contributed by atoms with van der Waals surface area (Å²) in [6.45, 7) is 1.66. The molecule has 0 aliphatic heterocycles. The van der Waals surface area contributed by atoms with Crippen LogP contribution in [0.2, 0.25) is 0 Å². The summed E-state index contributed by atoms with van der Waals surface area (Å²) in [5, 5.41) is 0. The van der Waals surface area contributed by atoms with E-state index in [1.54, 1.807) is 66.8 Å². The topological polar surface area (TPSA) is 232 Å². The Morgan fingerprint density at radius 3 is 0.838 bits per heavy atom. The minimum absolute atomic E-state index is 0. The van der Waals surface area contributed by atoms with Gasteiger partial charge in [-0.05, 0) is 95.1 Å². The lowest BCUT2D eigenvalue weighted by molar-refractivity contribution is 0.605. The predicted molar refractivity (Wildman–Crippen MR) is 282 cm³/mol. The van der Waals surface area contributed by atoms with Crippen LogP contribution in [0.4, 0.5) is 22.7 Å². The predicted octanol–water partition coefficient (Wildman–Crippen LogP) is 7.37. The van der Waals surface area contributed by atoms with Crippen LogP contribution in [0.15, 0.2) is 155 Å². The third kappa shape index (κ3) is 16.0. The number of para-hydroxylation sites is 4. The molecule has 22 heteroatoms. The van der Waals surface area contributed by atoms with Crippen molar-refractivity contribution in [1.82, 2.24) is 18.3 Å². The Hall–Kier alpha value is -6.22. The van der Waals surface area contributed by atoms with Crippen molar-refractivity contribution in [3.05, 3.63) is 189 Å². The van der Waals surface area contributed by atoms with E-state index in [0.717, 1.165) is 63.1 Å². The first-order valence-electron chi connectivity index (χ1n) is 19.7. The van der Waals surface area contributed by atoms with Gasteiger partial charge in [0.05, 0.1) is 67.0 Å². The van der Waals surface area contributed by atoms with Gasteiger partial charge in [-0.25, -0.2) is 34.8 Å². The van der Waals surface area contributed by atoms with Gasteiger partial charge in [0.25, 0.3) is 0 Å². The van der Waals surface area contributed by atoms with E-state index < -0.39 is 29.1 Å². The summed E-state index contributed by atoms with van der Waals surface area (Å²) >= 11 is 0. The van der Waals surface area contributed by atoms with Crippen LogP contribution >= 0.6 is 35.5 Å². The number of halogens is 3. The molecule has 6 N–H and O–H groups in total. The molecule has 0 aliphatic carbocycles. The number of nitrogen functional groups attached to an aromatic ring is 2. The zero-order valence-electron chi connectivity index (χ0n) is 36.3. The zero-order chi connectivity index (χ0) is 47.1. The number of hydrogen-bond acceptors (Lipinski definition) is 10. The normalized spacial score (nSPS) is 11.1. The first-order chi connectivity index (χ1) is 30.6. The Morgan fingerprint density at radius 1 is 0.426 bits per heavy atom. The van der Waals surface area contributed by atoms with Gasteiger partial charge < -0.3 is 11.5 Å². The van der Waals surface area contributed by atoms with E-state index in [-0.39, 0.29) is 43.6 Å². The van der Waals surface area contributed by atoms with E-state index >= 15 is 0 Å². The molecule has 0 atom stereocenters. The molecule has 0 saturated heterocycles. The molecule has 8 aromatic rings. The van der Waals surface area contributed by atoms with Crippen LogP contribution < -0.4 is 32.3 Å². The van der Waals surface area contributed by atoms with E-state index in [0.29, 0.717) is 48.9 Å². The molecule has 6 aromatic carbocycles. The van der Waals surface area contributed by atoms with E-state index in [4.69, 9.17) is 11.5 Å². The number of imidazole rings is 2. The number of rotatable bonds is 12. The Bertz CT molecular complexity index is 3200. The average Bonchev–Trinajstić information content (AvgIpc) is 3.64. The van der Waals surface area contributed by atoms with Crippen molar-refractivity contribution in [2.75, 3.05) is 39.7 Å². The van der Waals surface area contributed by atoms with Gasteiger partial charge >= 0.3 is 11.4 Å². The van der Waals surface area contributed by atoms with Gasteiger partial charge in [0.1, 0.15) is 0 Å². The summed E-state index contributed by atoms with van der Waals surface area (Å²) in [6, 6.07) is 44.3. The lowest BCUT2D eigenvalue weighted by Gasteiger charge is -2.07. The molecule has 0 spiro atoms. The summed E-state index contributed by atoms with van der Waals surface area (Å²) in [7, 11) is -5.42. The molecule has 2 aromatic heterocycles.